The molecular formula is C8H18N4. The Hall–Kier alpha value is -0.770. The SMILES string of the molecule is CCN=C(NN)N1CCC(C)C1. The molecule has 1 saturated heterocycles. The number of nitrogens with two attached hydrogens (primary N) is 1. The van der Waals surface area contributed by atoms with Crippen molar-refractivity contribution in [1.82, 2.24) is 10.3 Å². The fourth-order valence-electron chi connectivity index (χ4n) is 1.51. The average molecular weight is 170 g/mol. The van der Waals surface area contributed by atoms with E-state index < -0.39 is 0 Å². The van der Waals surface area contributed by atoms with Crippen molar-refractivity contribution in [2.24, 2.45) is 16.8 Å². The number of hydrazine groups is 1. The highest BCUT2D eigenvalue weighted by Crippen LogP contribution is 2.14. The number of aliphatic imine (C=N–C) groups is 1. The smallest absolute Gasteiger partial charge is 0.208 e. The molecule has 1 atom stereocenters. The summed E-state index contributed by atoms with van der Waals surface area (Å²) in [6.07, 6.45) is 1.24. The first kappa shape index (κ1) is 9.32. The van der Waals surface area contributed by atoms with Crippen molar-refractivity contribution in [2.45, 2.75) is 20.3 Å². The molecule has 0 spiro atoms. The molecule has 1 rings (SSSR count). The van der Waals surface area contributed by atoms with Crippen molar-refractivity contribution in [3.05, 3.63) is 0 Å². The van der Waals surface area contributed by atoms with E-state index in [1.807, 2.05) is 6.92 Å². The number of hydrogen-bond acceptors (Lipinski definition) is 2. The predicted octanol–water partition coefficient (Wildman–Crippen LogP) is 0.167. The zero-order valence-corrected chi connectivity index (χ0v) is 7.88. The fraction of sp³-hybridized carbons (Fsp3) is 0.875. The standard InChI is InChI=1S/C8H18N4/c1-3-10-8(11-9)12-5-4-7(2)6-12/h7H,3-6,9H2,1-2H3,(H,10,11). The average Bonchev–Trinajstić information content (AvgIpc) is 2.47. The number of rotatable bonds is 1. The molecule has 0 aromatic carbocycles. The van der Waals surface area contributed by atoms with Crippen molar-refractivity contribution in [3.8, 4) is 0 Å². The lowest BCUT2D eigenvalue weighted by Crippen LogP contribution is -2.43. The minimum absolute atomic E-state index is 0.764. The molecule has 0 aromatic heterocycles. The van der Waals surface area contributed by atoms with Crippen LogP contribution in [-0.2, 0) is 0 Å². The molecule has 1 fully saturated rings. The zero-order valence-electron chi connectivity index (χ0n) is 7.88. The van der Waals surface area contributed by atoms with Gasteiger partial charge >= 0.3 is 0 Å². The molecule has 0 aliphatic carbocycles. The highest BCUT2D eigenvalue weighted by molar-refractivity contribution is 5.79. The molecule has 70 valence electrons. The van der Waals surface area contributed by atoms with Crippen LogP contribution in [-0.4, -0.2) is 30.5 Å². The van der Waals surface area contributed by atoms with Gasteiger partial charge in [-0.2, -0.15) is 0 Å². The van der Waals surface area contributed by atoms with Crippen molar-refractivity contribution >= 4 is 5.96 Å². The molecule has 0 saturated carbocycles. The second kappa shape index (κ2) is 4.30. The van der Waals surface area contributed by atoms with E-state index in [4.69, 9.17) is 5.84 Å². The summed E-state index contributed by atoms with van der Waals surface area (Å²) in [5.41, 5.74) is 2.64. The van der Waals surface area contributed by atoms with Gasteiger partial charge in [-0.1, -0.05) is 6.92 Å². The molecule has 0 bridgehead atoms. The zero-order chi connectivity index (χ0) is 8.97. The Kier molecular flexibility index (Phi) is 3.34. The van der Waals surface area contributed by atoms with Crippen molar-refractivity contribution in [3.63, 3.8) is 0 Å². The van der Waals surface area contributed by atoms with Crippen LogP contribution in [0.2, 0.25) is 0 Å². The number of guanidine groups is 1. The summed E-state index contributed by atoms with van der Waals surface area (Å²) >= 11 is 0. The van der Waals surface area contributed by atoms with Gasteiger partial charge in [-0.3, -0.25) is 10.4 Å². The monoisotopic (exact) mass is 170 g/mol. The van der Waals surface area contributed by atoms with Gasteiger partial charge < -0.3 is 4.90 Å². The Morgan fingerprint density at radius 1 is 1.75 bits per heavy atom. The maximum Gasteiger partial charge on any atom is 0.208 e. The van der Waals surface area contributed by atoms with E-state index in [1.54, 1.807) is 0 Å². The number of hydrogen-bond donors (Lipinski definition) is 2. The lowest BCUT2D eigenvalue weighted by atomic mass is 10.2. The molecule has 0 aromatic rings. The molecule has 4 nitrogen and oxygen atoms in total. The Balaban J connectivity index is 2.50. The van der Waals surface area contributed by atoms with Gasteiger partial charge in [-0.15, -0.1) is 0 Å². The van der Waals surface area contributed by atoms with Crippen LogP contribution in [0.3, 0.4) is 0 Å². The van der Waals surface area contributed by atoms with Gasteiger partial charge in [0.05, 0.1) is 0 Å². The lowest BCUT2D eigenvalue weighted by Gasteiger charge is -2.19. The lowest BCUT2D eigenvalue weighted by molar-refractivity contribution is 0.473. The molecule has 1 aliphatic rings. The first-order chi connectivity index (χ1) is 5.77. The van der Waals surface area contributed by atoms with Crippen molar-refractivity contribution in [2.75, 3.05) is 19.6 Å². The van der Waals surface area contributed by atoms with E-state index in [0.29, 0.717) is 0 Å². The van der Waals surface area contributed by atoms with E-state index in [1.165, 1.54) is 6.42 Å². The Labute approximate surface area is 73.8 Å². The third-order valence-corrected chi connectivity index (χ3v) is 2.16. The van der Waals surface area contributed by atoms with Crippen LogP contribution < -0.4 is 11.3 Å². The summed E-state index contributed by atoms with van der Waals surface area (Å²) in [6.45, 7) is 7.19. The molecular weight excluding hydrogens is 152 g/mol. The fourth-order valence-corrected chi connectivity index (χ4v) is 1.51. The number of likely N-dealkylation sites (tertiary alicyclic amines) is 1. The molecule has 1 unspecified atom stereocenters. The third kappa shape index (κ3) is 2.11. The highest BCUT2D eigenvalue weighted by atomic mass is 15.4. The molecule has 1 aliphatic heterocycles. The molecule has 3 N–H and O–H groups in total. The van der Waals surface area contributed by atoms with E-state index in [2.05, 4.69) is 22.2 Å². The maximum atomic E-state index is 5.36. The van der Waals surface area contributed by atoms with Gasteiger partial charge in [0.25, 0.3) is 0 Å². The molecule has 4 heteroatoms. The molecule has 0 amide bonds. The van der Waals surface area contributed by atoms with Gasteiger partial charge in [-0.25, -0.2) is 5.84 Å². The van der Waals surface area contributed by atoms with Gasteiger partial charge in [-0.05, 0) is 19.3 Å². The summed E-state index contributed by atoms with van der Waals surface area (Å²) in [5, 5.41) is 0. The second-order valence-corrected chi connectivity index (χ2v) is 3.28. The Bertz CT molecular complexity index is 166. The second-order valence-electron chi connectivity index (χ2n) is 3.28. The largest absolute Gasteiger partial charge is 0.342 e. The van der Waals surface area contributed by atoms with Crippen molar-refractivity contribution < 1.29 is 0 Å². The van der Waals surface area contributed by atoms with Crippen LogP contribution in [0.4, 0.5) is 0 Å². The van der Waals surface area contributed by atoms with E-state index in [9.17, 15) is 0 Å². The predicted molar refractivity (Wildman–Crippen MR) is 50.7 cm³/mol. The van der Waals surface area contributed by atoms with Crippen LogP contribution in [0, 0.1) is 5.92 Å². The van der Waals surface area contributed by atoms with E-state index in [0.717, 1.165) is 31.5 Å². The number of nitrogens with zero attached hydrogens (tertiary/aromatic N) is 2. The van der Waals surface area contributed by atoms with Crippen LogP contribution in [0.5, 0.6) is 0 Å². The Morgan fingerprint density at radius 3 is 2.92 bits per heavy atom. The number of nitrogens with one attached hydrogen (secondary N) is 1. The quantitative estimate of drug-likeness (QED) is 0.255. The van der Waals surface area contributed by atoms with Crippen LogP contribution in [0.1, 0.15) is 20.3 Å². The summed E-state index contributed by atoms with van der Waals surface area (Å²) in [5.74, 6) is 6.96. The van der Waals surface area contributed by atoms with Gasteiger partial charge in [0, 0.05) is 19.6 Å². The molecule has 0 radical (unpaired) electrons. The van der Waals surface area contributed by atoms with Crippen LogP contribution >= 0.6 is 0 Å². The summed E-state index contributed by atoms with van der Waals surface area (Å²) in [4.78, 5) is 6.47. The normalized spacial score (nSPS) is 24.8. The van der Waals surface area contributed by atoms with E-state index >= 15 is 0 Å². The molecule has 12 heavy (non-hydrogen) atoms. The first-order valence-electron chi connectivity index (χ1n) is 4.54. The van der Waals surface area contributed by atoms with Gasteiger partial charge in [0.2, 0.25) is 5.96 Å². The Morgan fingerprint density at radius 2 is 2.50 bits per heavy atom. The summed E-state index contributed by atoms with van der Waals surface area (Å²) in [6, 6.07) is 0. The van der Waals surface area contributed by atoms with Gasteiger partial charge in [0.1, 0.15) is 0 Å². The molecule has 1 heterocycles. The van der Waals surface area contributed by atoms with Gasteiger partial charge in [0.15, 0.2) is 0 Å². The topological polar surface area (TPSA) is 53.6 Å². The third-order valence-electron chi connectivity index (χ3n) is 2.16. The maximum absolute atomic E-state index is 5.36. The van der Waals surface area contributed by atoms with Crippen LogP contribution in [0.15, 0.2) is 4.99 Å². The minimum Gasteiger partial charge on any atom is -0.342 e. The van der Waals surface area contributed by atoms with E-state index in [-0.39, 0.29) is 0 Å². The van der Waals surface area contributed by atoms with Crippen LogP contribution in [0.25, 0.3) is 0 Å². The van der Waals surface area contributed by atoms with Crippen molar-refractivity contribution in [1.29, 1.82) is 0 Å². The highest BCUT2D eigenvalue weighted by Gasteiger charge is 2.20. The summed E-state index contributed by atoms with van der Waals surface area (Å²) < 4.78 is 0. The first-order valence-corrected chi connectivity index (χ1v) is 4.54. The minimum atomic E-state index is 0.764. The summed E-state index contributed by atoms with van der Waals surface area (Å²) in [7, 11) is 0.